The summed E-state index contributed by atoms with van der Waals surface area (Å²) in [5.41, 5.74) is 2.54. The molecule has 1 aromatic rings. The molecule has 0 spiro atoms. The van der Waals surface area contributed by atoms with Crippen molar-refractivity contribution >= 4 is 5.91 Å². The second kappa shape index (κ2) is 5.96. The van der Waals surface area contributed by atoms with E-state index in [2.05, 4.69) is 12.1 Å². The van der Waals surface area contributed by atoms with Crippen LogP contribution in [0.3, 0.4) is 0 Å². The first-order valence-electron chi connectivity index (χ1n) is 7.76. The van der Waals surface area contributed by atoms with E-state index in [1.165, 1.54) is 17.5 Å². The number of aliphatic hydroxyl groups excluding tert-OH is 1. The van der Waals surface area contributed by atoms with Gasteiger partial charge in [-0.05, 0) is 49.1 Å². The topological polar surface area (TPSA) is 40.5 Å². The van der Waals surface area contributed by atoms with E-state index in [9.17, 15) is 9.90 Å². The third-order valence-corrected chi connectivity index (χ3v) is 4.72. The third-order valence-electron chi connectivity index (χ3n) is 4.72. The Labute approximate surface area is 120 Å². The molecule has 1 aromatic carbocycles. The van der Waals surface area contributed by atoms with Crippen molar-refractivity contribution in [3.05, 3.63) is 35.4 Å². The van der Waals surface area contributed by atoms with Crippen LogP contribution < -0.4 is 0 Å². The molecule has 0 radical (unpaired) electrons. The first-order valence-corrected chi connectivity index (χ1v) is 7.76. The molecule has 0 aromatic heterocycles. The monoisotopic (exact) mass is 273 g/mol. The second-order valence-corrected chi connectivity index (χ2v) is 6.15. The minimum absolute atomic E-state index is 0.0827. The van der Waals surface area contributed by atoms with Gasteiger partial charge in [-0.25, -0.2) is 0 Å². The van der Waals surface area contributed by atoms with Gasteiger partial charge in [-0.3, -0.25) is 4.79 Å². The zero-order valence-corrected chi connectivity index (χ0v) is 11.9. The molecule has 1 aliphatic heterocycles. The maximum atomic E-state index is 12.3. The Morgan fingerprint density at radius 3 is 2.45 bits per heavy atom. The molecule has 3 nitrogen and oxygen atoms in total. The summed E-state index contributed by atoms with van der Waals surface area (Å²) in [5, 5.41) is 10.3. The van der Waals surface area contributed by atoms with Crippen molar-refractivity contribution < 1.29 is 9.90 Å². The molecule has 0 bridgehead atoms. The van der Waals surface area contributed by atoms with E-state index in [0.717, 1.165) is 32.4 Å². The second-order valence-electron chi connectivity index (χ2n) is 6.15. The number of amides is 1. The molecule has 1 heterocycles. The van der Waals surface area contributed by atoms with Gasteiger partial charge in [0.05, 0.1) is 6.10 Å². The molecule has 1 fully saturated rings. The van der Waals surface area contributed by atoms with Crippen LogP contribution in [0, 0.1) is 5.92 Å². The summed E-state index contributed by atoms with van der Waals surface area (Å²) >= 11 is 0. The molecule has 20 heavy (non-hydrogen) atoms. The average Bonchev–Trinajstić information content (AvgIpc) is 2.49. The van der Waals surface area contributed by atoms with Crippen LogP contribution in [0.2, 0.25) is 0 Å². The maximum Gasteiger partial charge on any atom is 0.222 e. The molecule has 2 atom stereocenters. The predicted molar refractivity (Wildman–Crippen MR) is 78.4 cm³/mol. The number of piperidine rings is 1. The summed E-state index contributed by atoms with van der Waals surface area (Å²) < 4.78 is 0. The number of hydrogen-bond acceptors (Lipinski definition) is 2. The number of benzene rings is 1. The van der Waals surface area contributed by atoms with Gasteiger partial charge in [0.1, 0.15) is 0 Å². The largest absolute Gasteiger partial charge is 0.392 e. The molecule has 3 rings (SSSR count). The molecule has 3 heteroatoms. The Morgan fingerprint density at radius 1 is 1.10 bits per heavy atom. The smallest absolute Gasteiger partial charge is 0.222 e. The van der Waals surface area contributed by atoms with Gasteiger partial charge >= 0.3 is 0 Å². The molecular formula is C17H23NO2. The Hall–Kier alpha value is -1.35. The summed E-state index contributed by atoms with van der Waals surface area (Å²) in [6.07, 6.45) is 5.13. The lowest BCUT2D eigenvalue weighted by Gasteiger charge is -2.32. The summed E-state index contributed by atoms with van der Waals surface area (Å²) in [6.45, 7) is 1.80. The van der Waals surface area contributed by atoms with Crippen molar-refractivity contribution in [1.29, 1.82) is 0 Å². The van der Waals surface area contributed by atoms with Crippen LogP contribution in [-0.2, 0) is 17.6 Å². The van der Waals surface area contributed by atoms with Gasteiger partial charge < -0.3 is 10.0 Å². The minimum atomic E-state index is -0.376. The van der Waals surface area contributed by atoms with E-state index in [4.69, 9.17) is 0 Å². The van der Waals surface area contributed by atoms with Gasteiger partial charge in [-0.2, -0.15) is 0 Å². The van der Waals surface area contributed by atoms with Crippen LogP contribution in [0.5, 0.6) is 0 Å². The number of fused-ring (bicyclic) bond motifs is 1. The van der Waals surface area contributed by atoms with Crippen molar-refractivity contribution in [3.63, 3.8) is 0 Å². The van der Waals surface area contributed by atoms with Crippen LogP contribution in [0.25, 0.3) is 0 Å². The van der Waals surface area contributed by atoms with Crippen LogP contribution in [0.1, 0.15) is 36.8 Å². The number of carbonyl (C=O) groups excluding carboxylic acids is 1. The first kappa shape index (κ1) is 13.6. The number of rotatable bonds is 2. The number of likely N-dealkylation sites (tertiary alicyclic amines) is 1. The highest BCUT2D eigenvalue weighted by molar-refractivity contribution is 5.76. The van der Waals surface area contributed by atoms with Crippen LogP contribution in [-0.4, -0.2) is 35.1 Å². The van der Waals surface area contributed by atoms with Crippen molar-refractivity contribution in [1.82, 2.24) is 4.90 Å². The lowest BCUT2D eigenvalue weighted by atomic mass is 9.80. The highest BCUT2D eigenvalue weighted by atomic mass is 16.3. The number of aliphatic hydroxyl groups is 1. The van der Waals surface area contributed by atoms with Crippen molar-refractivity contribution in [2.75, 3.05) is 13.1 Å². The van der Waals surface area contributed by atoms with E-state index in [0.29, 0.717) is 12.8 Å². The van der Waals surface area contributed by atoms with E-state index in [1.807, 2.05) is 17.0 Å². The van der Waals surface area contributed by atoms with Gasteiger partial charge in [0.15, 0.2) is 0 Å². The van der Waals surface area contributed by atoms with E-state index in [-0.39, 0.29) is 17.9 Å². The van der Waals surface area contributed by atoms with E-state index in [1.54, 1.807) is 0 Å². The first-order chi connectivity index (χ1) is 9.74. The Bertz CT molecular complexity index is 480. The molecule has 1 amide bonds. The maximum absolute atomic E-state index is 12.3. The third kappa shape index (κ3) is 2.88. The summed E-state index contributed by atoms with van der Waals surface area (Å²) in [4.78, 5) is 14.3. The van der Waals surface area contributed by atoms with E-state index < -0.39 is 0 Å². The number of hydrogen-bond donors (Lipinski definition) is 1. The van der Waals surface area contributed by atoms with Gasteiger partial charge in [0.25, 0.3) is 0 Å². The average molecular weight is 273 g/mol. The highest BCUT2D eigenvalue weighted by Crippen LogP contribution is 2.28. The Balaban J connectivity index is 1.64. The summed E-state index contributed by atoms with van der Waals surface area (Å²) in [7, 11) is 0. The van der Waals surface area contributed by atoms with Crippen molar-refractivity contribution in [2.45, 2.75) is 44.6 Å². The summed E-state index contributed by atoms with van der Waals surface area (Å²) in [6, 6.07) is 8.27. The Kier molecular flexibility index (Phi) is 4.06. The van der Waals surface area contributed by atoms with Crippen LogP contribution >= 0.6 is 0 Å². The highest BCUT2D eigenvalue weighted by Gasteiger charge is 2.30. The predicted octanol–water partition coefficient (Wildman–Crippen LogP) is 2.16. The standard InChI is InChI=1S/C17H23NO2/c19-16-11-14-7-3-2-6-13(14)10-15(16)12-17(20)18-8-4-1-5-9-18/h2-3,6-7,15-16,19H,1,4-5,8-12H2. The molecule has 1 saturated heterocycles. The quantitative estimate of drug-likeness (QED) is 0.897. The molecule has 1 N–H and O–H groups in total. The van der Waals surface area contributed by atoms with E-state index >= 15 is 0 Å². The zero-order chi connectivity index (χ0) is 13.9. The fourth-order valence-electron chi connectivity index (χ4n) is 3.47. The SMILES string of the molecule is O=C(CC1Cc2ccccc2CC1O)N1CCCCC1. The van der Waals surface area contributed by atoms with Gasteiger partial charge in [0, 0.05) is 19.5 Å². The normalized spacial score (nSPS) is 26.1. The molecular weight excluding hydrogens is 250 g/mol. The fraction of sp³-hybridized carbons (Fsp3) is 0.588. The van der Waals surface area contributed by atoms with Crippen LogP contribution in [0.4, 0.5) is 0 Å². The molecule has 2 unspecified atom stereocenters. The van der Waals surface area contributed by atoms with Crippen molar-refractivity contribution in [3.8, 4) is 0 Å². The van der Waals surface area contributed by atoms with Gasteiger partial charge in [-0.15, -0.1) is 0 Å². The minimum Gasteiger partial charge on any atom is -0.392 e. The molecule has 2 aliphatic rings. The van der Waals surface area contributed by atoms with Crippen molar-refractivity contribution in [2.24, 2.45) is 5.92 Å². The lowest BCUT2D eigenvalue weighted by Crippen LogP contribution is -2.40. The molecule has 1 aliphatic carbocycles. The van der Waals surface area contributed by atoms with Gasteiger partial charge in [0.2, 0.25) is 5.91 Å². The van der Waals surface area contributed by atoms with Gasteiger partial charge in [-0.1, -0.05) is 24.3 Å². The van der Waals surface area contributed by atoms with Crippen LogP contribution in [0.15, 0.2) is 24.3 Å². The number of nitrogens with zero attached hydrogens (tertiary/aromatic N) is 1. The number of carbonyl (C=O) groups is 1. The summed E-state index contributed by atoms with van der Waals surface area (Å²) in [5.74, 6) is 0.312. The zero-order valence-electron chi connectivity index (χ0n) is 11.9. The fourth-order valence-corrected chi connectivity index (χ4v) is 3.47. The molecule has 0 saturated carbocycles. The lowest BCUT2D eigenvalue weighted by molar-refractivity contribution is -0.134. The Morgan fingerprint density at radius 2 is 1.75 bits per heavy atom. The molecule has 108 valence electrons.